The van der Waals surface area contributed by atoms with Crippen LogP contribution in [0.1, 0.15) is 11.1 Å². The average molecular weight is 443 g/mol. The molecule has 2 aromatic heterocycles. The second kappa shape index (κ2) is 7.99. The van der Waals surface area contributed by atoms with Crippen LogP contribution in [0.4, 0.5) is 24.7 Å². The van der Waals surface area contributed by atoms with E-state index in [0.29, 0.717) is 17.9 Å². The van der Waals surface area contributed by atoms with Crippen LogP contribution in [-0.4, -0.2) is 23.9 Å². The highest BCUT2D eigenvalue weighted by Crippen LogP contribution is 2.32. The number of pyridine rings is 2. The number of rotatable bonds is 5. The third kappa shape index (κ3) is 4.22. The molecule has 2 aromatic carbocycles. The summed E-state index contributed by atoms with van der Waals surface area (Å²) in [6.07, 6.45) is 5.86. The smallest absolute Gasteiger partial charge is 0.340 e. The van der Waals surface area contributed by atoms with Crippen LogP contribution in [0.3, 0.4) is 0 Å². The molecule has 158 valence electrons. The number of halogens is 3. The number of fused-ring (bicyclic) bond motifs is 1. The summed E-state index contributed by atoms with van der Waals surface area (Å²) in [7, 11) is -5.38. The highest BCUT2D eigenvalue weighted by molar-refractivity contribution is 7.92. The zero-order valence-corrected chi connectivity index (χ0v) is 16.8. The Balaban J connectivity index is 1.65. The molecule has 4 aromatic rings. The number of nitrogens with zero attached hydrogens (tertiary/aromatic N) is 2. The lowest BCUT2D eigenvalue weighted by atomic mass is 10.0. The Labute approximate surface area is 176 Å². The SMILES string of the molecule is O=S(=O)(c1ccc(Nc2ncc(Cc3ccncc3)c3ccccc23)cc1)C(F)(F)F. The standard InChI is InChI=1S/C22H16F3N3O2S/c23-22(24,25)31(29,30)18-7-5-17(6-8-18)28-21-20-4-2-1-3-19(20)16(14-27-21)13-15-9-11-26-12-10-15/h1-12,14H,13H2,(H,27,28). The summed E-state index contributed by atoms with van der Waals surface area (Å²) in [5, 5.41) is 4.87. The summed E-state index contributed by atoms with van der Waals surface area (Å²) in [6, 6.07) is 15.9. The van der Waals surface area contributed by atoms with Crippen molar-refractivity contribution in [2.24, 2.45) is 0 Å². The number of anilines is 2. The van der Waals surface area contributed by atoms with Gasteiger partial charge in [0, 0.05) is 29.7 Å². The van der Waals surface area contributed by atoms with Crippen molar-refractivity contribution >= 4 is 32.1 Å². The highest BCUT2D eigenvalue weighted by Gasteiger charge is 2.46. The highest BCUT2D eigenvalue weighted by atomic mass is 32.2. The number of benzene rings is 2. The molecule has 4 rings (SSSR count). The van der Waals surface area contributed by atoms with Gasteiger partial charge in [-0.3, -0.25) is 4.98 Å². The minimum absolute atomic E-state index is 0.417. The van der Waals surface area contributed by atoms with Gasteiger partial charge in [0.1, 0.15) is 5.82 Å². The van der Waals surface area contributed by atoms with E-state index in [1.807, 2.05) is 36.4 Å². The monoisotopic (exact) mass is 443 g/mol. The van der Waals surface area contributed by atoms with Gasteiger partial charge in [-0.15, -0.1) is 0 Å². The van der Waals surface area contributed by atoms with Crippen LogP contribution in [0, 0.1) is 0 Å². The lowest BCUT2D eigenvalue weighted by Crippen LogP contribution is -2.23. The summed E-state index contributed by atoms with van der Waals surface area (Å²) in [6.45, 7) is 0. The van der Waals surface area contributed by atoms with Gasteiger partial charge in [0.25, 0.3) is 9.84 Å². The lowest BCUT2D eigenvalue weighted by molar-refractivity contribution is -0.0436. The van der Waals surface area contributed by atoms with E-state index < -0.39 is 20.2 Å². The predicted octanol–water partition coefficient (Wildman–Crippen LogP) is 5.26. The van der Waals surface area contributed by atoms with Crippen LogP contribution in [0.15, 0.2) is 84.1 Å². The van der Waals surface area contributed by atoms with Crippen LogP contribution < -0.4 is 5.32 Å². The van der Waals surface area contributed by atoms with E-state index in [1.165, 1.54) is 12.1 Å². The largest absolute Gasteiger partial charge is 0.501 e. The van der Waals surface area contributed by atoms with Gasteiger partial charge in [0.2, 0.25) is 0 Å². The molecule has 0 aliphatic heterocycles. The van der Waals surface area contributed by atoms with Gasteiger partial charge < -0.3 is 5.32 Å². The fourth-order valence-corrected chi connectivity index (χ4v) is 3.96. The van der Waals surface area contributed by atoms with Crippen molar-refractivity contribution in [2.75, 3.05) is 5.32 Å². The molecule has 0 saturated carbocycles. The fraction of sp³-hybridized carbons (Fsp3) is 0.0909. The quantitative estimate of drug-likeness (QED) is 0.456. The first-order valence-corrected chi connectivity index (χ1v) is 10.7. The molecular formula is C22H16F3N3O2S. The van der Waals surface area contributed by atoms with Crippen LogP contribution in [0.2, 0.25) is 0 Å². The molecule has 2 heterocycles. The first-order chi connectivity index (χ1) is 14.8. The summed E-state index contributed by atoms with van der Waals surface area (Å²) >= 11 is 0. The third-order valence-electron chi connectivity index (χ3n) is 4.75. The van der Waals surface area contributed by atoms with Crippen molar-refractivity contribution in [3.8, 4) is 0 Å². The Morgan fingerprint density at radius 2 is 1.52 bits per heavy atom. The Kier molecular flexibility index (Phi) is 5.36. The van der Waals surface area contributed by atoms with Crippen LogP contribution >= 0.6 is 0 Å². The Morgan fingerprint density at radius 3 is 2.16 bits per heavy atom. The van der Waals surface area contributed by atoms with Gasteiger partial charge in [-0.2, -0.15) is 13.2 Å². The second-order valence-corrected chi connectivity index (χ2v) is 8.75. The molecule has 0 aliphatic carbocycles. The molecule has 0 amide bonds. The van der Waals surface area contributed by atoms with E-state index in [4.69, 9.17) is 0 Å². The van der Waals surface area contributed by atoms with Crippen LogP contribution in [0.5, 0.6) is 0 Å². The minimum Gasteiger partial charge on any atom is -0.340 e. The molecule has 0 spiro atoms. The normalized spacial score (nSPS) is 12.1. The van der Waals surface area contributed by atoms with Crippen molar-refractivity contribution < 1.29 is 21.6 Å². The molecule has 0 bridgehead atoms. The summed E-state index contributed by atoms with van der Waals surface area (Å²) in [4.78, 5) is 7.69. The molecule has 0 aliphatic rings. The fourth-order valence-electron chi connectivity index (χ4n) is 3.20. The maximum absolute atomic E-state index is 12.7. The minimum atomic E-state index is -5.38. The molecule has 0 atom stereocenters. The number of aromatic nitrogens is 2. The zero-order valence-electron chi connectivity index (χ0n) is 16.0. The number of hydrogen-bond acceptors (Lipinski definition) is 5. The van der Waals surface area contributed by atoms with E-state index >= 15 is 0 Å². The van der Waals surface area contributed by atoms with E-state index in [0.717, 1.165) is 34.0 Å². The second-order valence-electron chi connectivity index (χ2n) is 6.81. The zero-order chi connectivity index (χ0) is 22.1. The van der Waals surface area contributed by atoms with Gasteiger partial charge in [-0.1, -0.05) is 24.3 Å². The van der Waals surface area contributed by atoms with Gasteiger partial charge in [0.15, 0.2) is 0 Å². The molecule has 9 heteroatoms. The first-order valence-electron chi connectivity index (χ1n) is 9.20. The van der Waals surface area contributed by atoms with Crippen LogP contribution in [0.25, 0.3) is 10.8 Å². The molecule has 0 unspecified atom stereocenters. The van der Waals surface area contributed by atoms with Crippen molar-refractivity contribution in [1.29, 1.82) is 0 Å². The Bertz CT molecular complexity index is 1320. The summed E-state index contributed by atoms with van der Waals surface area (Å²) in [5.74, 6) is 0.514. The van der Waals surface area contributed by atoms with Crippen molar-refractivity contribution in [3.63, 3.8) is 0 Å². The summed E-state index contributed by atoms with van der Waals surface area (Å²) < 4.78 is 61.2. The van der Waals surface area contributed by atoms with Gasteiger partial charge in [-0.25, -0.2) is 13.4 Å². The van der Waals surface area contributed by atoms with E-state index in [2.05, 4.69) is 15.3 Å². The molecule has 0 radical (unpaired) electrons. The molecule has 1 N–H and O–H groups in total. The van der Waals surface area contributed by atoms with Crippen molar-refractivity contribution in [3.05, 3.63) is 90.4 Å². The first kappa shape index (κ1) is 20.8. The third-order valence-corrected chi connectivity index (χ3v) is 6.26. The Hall–Kier alpha value is -3.46. The van der Waals surface area contributed by atoms with Crippen LogP contribution in [-0.2, 0) is 16.3 Å². The number of sulfone groups is 1. The molecule has 0 saturated heterocycles. The number of hydrogen-bond donors (Lipinski definition) is 1. The molecule has 5 nitrogen and oxygen atoms in total. The molecular weight excluding hydrogens is 427 g/mol. The lowest BCUT2D eigenvalue weighted by Gasteiger charge is -2.13. The Morgan fingerprint density at radius 1 is 0.871 bits per heavy atom. The average Bonchev–Trinajstić information content (AvgIpc) is 2.76. The number of nitrogens with one attached hydrogen (secondary N) is 1. The van der Waals surface area contributed by atoms with Crippen molar-refractivity contribution in [2.45, 2.75) is 16.8 Å². The maximum atomic E-state index is 12.7. The predicted molar refractivity (Wildman–Crippen MR) is 112 cm³/mol. The van der Waals surface area contributed by atoms with E-state index in [-0.39, 0.29) is 0 Å². The van der Waals surface area contributed by atoms with E-state index in [1.54, 1.807) is 18.6 Å². The maximum Gasteiger partial charge on any atom is 0.501 e. The van der Waals surface area contributed by atoms with E-state index in [9.17, 15) is 21.6 Å². The van der Waals surface area contributed by atoms with Gasteiger partial charge in [-0.05, 0) is 59.3 Å². The molecule has 31 heavy (non-hydrogen) atoms. The number of alkyl halides is 3. The van der Waals surface area contributed by atoms with Gasteiger partial charge >= 0.3 is 5.51 Å². The topological polar surface area (TPSA) is 72.0 Å². The summed E-state index contributed by atoms with van der Waals surface area (Å²) in [5.41, 5.74) is -2.83. The van der Waals surface area contributed by atoms with Gasteiger partial charge in [0.05, 0.1) is 4.90 Å². The van der Waals surface area contributed by atoms with Crippen molar-refractivity contribution in [1.82, 2.24) is 9.97 Å². The molecule has 0 fully saturated rings.